The number of hydrogen-bond donors (Lipinski definition) is 2. The molecule has 0 aliphatic carbocycles. The number of hydrogen-bond acceptors (Lipinski definition) is 4. The van der Waals surface area contributed by atoms with E-state index in [2.05, 4.69) is 10.3 Å². The Morgan fingerprint density at radius 1 is 1.62 bits per heavy atom. The Hall–Kier alpha value is -1.10. The standard InChI is InChI=1S/C8H15N3O2/c1-8(2,3)13-4-5-6(12)11-7(9)10-5/h5H,4H2,1-3H3,(H3,9,10,11,12)/t5-/m1/s1. The molecule has 0 aromatic rings. The number of nitrogens with one attached hydrogen (secondary N) is 1. The highest BCUT2D eigenvalue weighted by atomic mass is 16.5. The third-order valence-corrected chi connectivity index (χ3v) is 1.53. The van der Waals surface area contributed by atoms with Crippen LogP contribution in [0.3, 0.4) is 0 Å². The molecule has 1 atom stereocenters. The van der Waals surface area contributed by atoms with Crippen LogP contribution >= 0.6 is 0 Å². The van der Waals surface area contributed by atoms with Crippen molar-refractivity contribution in [2.75, 3.05) is 6.61 Å². The fourth-order valence-electron chi connectivity index (χ4n) is 0.915. The van der Waals surface area contributed by atoms with Crippen molar-refractivity contribution in [1.29, 1.82) is 0 Å². The molecule has 1 rings (SSSR count). The van der Waals surface area contributed by atoms with Gasteiger partial charge >= 0.3 is 0 Å². The summed E-state index contributed by atoms with van der Waals surface area (Å²) in [5.41, 5.74) is 5.07. The van der Waals surface area contributed by atoms with Crippen LogP contribution in [0.25, 0.3) is 0 Å². The fourth-order valence-corrected chi connectivity index (χ4v) is 0.915. The molecule has 5 heteroatoms. The molecule has 0 unspecified atom stereocenters. The van der Waals surface area contributed by atoms with Gasteiger partial charge in [0.15, 0.2) is 5.96 Å². The normalized spacial score (nSPS) is 22.8. The minimum absolute atomic E-state index is 0.174. The van der Waals surface area contributed by atoms with Crippen molar-refractivity contribution in [3.05, 3.63) is 0 Å². The average molecular weight is 185 g/mol. The number of carbonyl (C=O) groups is 1. The molecule has 0 aromatic carbocycles. The molecule has 5 nitrogen and oxygen atoms in total. The predicted molar refractivity (Wildman–Crippen MR) is 49.3 cm³/mol. The second-order valence-corrected chi connectivity index (χ2v) is 3.96. The molecule has 0 spiro atoms. The van der Waals surface area contributed by atoms with Gasteiger partial charge in [-0.25, -0.2) is 0 Å². The molecule has 0 saturated carbocycles. The smallest absolute Gasteiger partial charge is 0.273 e. The molecule has 0 saturated heterocycles. The number of rotatable bonds is 2. The number of amides is 1. The maximum absolute atomic E-state index is 11.1. The van der Waals surface area contributed by atoms with Crippen molar-refractivity contribution >= 4 is 11.9 Å². The summed E-state index contributed by atoms with van der Waals surface area (Å²) in [6.45, 7) is 6.08. The summed E-state index contributed by atoms with van der Waals surface area (Å²) in [7, 11) is 0. The zero-order chi connectivity index (χ0) is 10.1. The van der Waals surface area contributed by atoms with Gasteiger partial charge in [-0.2, -0.15) is 4.99 Å². The Bertz CT molecular complexity index is 242. The first-order valence-corrected chi connectivity index (χ1v) is 4.17. The van der Waals surface area contributed by atoms with E-state index in [1.807, 2.05) is 20.8 Å². The van der Waals surface area contributed by atoms with Gasteiger partial charge in [0.1, 0.15) is 6.04 Å². The zero-order valence-electron chi connectivity index (χ0n) is 8.13. The van der Waals surface area contributed by atoms with Gasteiger partial charge in [0.25, 0.3) is 5.91 Å². The van der Waals surface area contributed by atoms with E-state index in [-0.39, 0.29) is 17.5 Å². The van der Waals surface area contributed by atoms with Gasteiger partial charge < -0.3 is 15.8 Å². The van der Waals surface area contributed by atoms with Crippen molar-refractivity contribution < 1.29 is 9.53 Å². The molecule has 1 aliphatic rings. The van der Waals surface area contributed by atoms with Crippen LogP contribution in [-0.2, 0) is 9.53 Å². The van der Waals surface area contributed by atoms with Crippen LogP contribution in [0.2, 0.25) is 0 Å². The van der Waals surface area contributed by atoms with Gasteiger partial charge in [-0.15, -0.1) is 0 Å². The summed E-state index contributed by atoms with van der Waals surface area (Å²) in [6.07, 6.45) is 0. The van der Waals surface area contributed by atoms with E-state index in [0.29, 0.717) is 6.61 Å². The van der Waals surface area contributed by atoms with Gasteiger partial charge in [-0.05, 0) is 20.8 Å². The van der Waals surface area contributed by atoms with Crippen molar-refractivity contribution in [3.63, 3.8) is 0 Å². The van der Waals surface area contributed by atoms with Crippen LogP contribution in [0.4, 0.5) is 0 Å². The minimum atomic E-state index is -0.417. The highest BCUT2D eigenvalue weighted by Gasteiger charge is 2.26. The van der Waals surface area contributed by atoms with Crippen molar-refractivity contribution in [1.82, 2.24) is 5.32 Å². The lowest BCUT2D eigenvalue weighted by atomic mass is 10.2. The monoisotopic (exact) mass is 185 g/mol. The Balaban J connectivity index is 2.37. The Morgan fingerprint density at radius 3 is 2.62 bits per heavy atom. The van der Waals surface area contributed by atoms with E-state index in [4.69, 9.17) is 10.5 Å². The molecular formula is C8H15N3O2. The summed E-state index contributed by atoms with van der Waals surface area (Å²) in [5.74, 6) is -0.0886. The van der Waals surface area contributed by atoms with Crippen LogP contribution in [0.15, 0.2) is 4.99 Å². The molecule has 0 aromatic heterocycles. The Morgan fingerprint density at radius 2 is 2.23 bits per heavy atom. The predicted octanol–water partition coefficient (Wildman–Crippen LogP) is -0.385. The zero-order valence-corrected chi connectivity index (χ0v) is 8.13. The van der Waals surface area contributed by atoms with Gasteiger partial charge in [0.2, 0.25) is 0 Å². The molecule has 1 heterocycles. The number of carbonyl (C=O) groups excluding carboxylic acids is 1. The Labute approximate surface area is 77.3 Å². The first-order chi connectivity index (χ1) is 5.88. The highest BCUT2D eigenvalue weighted by molar-refractivity contribution is 6.02. The summed E-state index contributed by atoms with van der Waals surface area (Å²) in [4.78, 5) is 14.6. The number of guanidine groups is 1. The molecule has 0 fully saturated rings. The van der Waals surface area contributed by atoms with E-state index in [1.54, 1.807) is 0 Å². The molecular weight excluding hydrogens is 170 g/mol. The minimum Gasteiger partial charge on any atom is -0.373 e. The number of nitrogens with two attached hydrogens (primary N) is 1. The van der Waals surface area contributed by atoms with Crippen molar-refractivity contribution in [2.24, 2.45) is 10.7 Å². The lowest BCUT2D eigenvalue weighted by molar-refractivity contribution is -0.121. The summed E-state index contributed by atoms with van der Waals surface area (Å²) >= 11 is 0. The van der Waals surface area contributed by atoms with E-state index < -0.39 is 6.04 Å². The van der Waals surface area contributed by atoms with Crippen LogP contribution < -0.4 is 11.1 Å². The molecule has 74 valence electrons. The van der Waals surface area contributed by atoms with E-state index in [9.17, 15) is 4.79 Å². The molecule has 0 bridgehead atoms. The summed E-state index contributed by atoms with van der Waals surface area (Å²) < 4.78 is 5.42. The number of ether oxygens (including phenoxy) is 1. The molecule has 13 heavy (non-hydrogen) atoms. The lowest BCUT2D eigenvalue weighted by Gasteiger charge is -2.21. The van der Waals surface area contributed by atoms with Crippen LogP contribution in [-0.4, -0.2) is 30.1 Å². The van der Waals surface area contributed by atoms with Crippen molar-refractivity contribution in [3.8, 4) is 0 Å². The molecule has 0 radical (unpaired) electrons. The molecule has 1 amide bonds. The number of nitrogens with zero attached hydrogens (tertiary/aromatic N) is 1. The Kier molecular flexibility index (Phi) is 2.56. The highest BCUT2D eigenvalue weighted by Crippen LogP contribution is 2.08. The molecule has 1 aliphatic heterocycles. The second-order valence-electron chi connectivity index (χ2n) is 3.96. The van der Waals surface area contributed by atoms with E-state index >= 15 is 0 Å². The fraction of sp³-hybridized carbons (Fsp3) is 0.750. The topological polar surface area (TPSA) is 76.7 Å². The van der Waals surface area contributed by atoms with E-state index in [0.717, 1.165) is 0 Å². The third-order valence-electron chi connectivity index (χ3n) is 1.53. The first-order valence-electron chi connectivity index (χ1n) is 4.17. The average Bonchev–Trinajstić information content (AvgIpc) is 2.24. The summed E-state index contributed by atoms with van der Waals surface area (Å²) in [5, 5.41) is 2.73. The number of aliphatic imine (C=N–C) groups is 1. The molecule has 3 N–H and O–H groups in total. The van der Waals surface area contributed by atoms with Gasteiger partial charge in [0.05, 0.1) is 12.2 Å². The van der Waals surface area contributed by atoms with Crippen molar-refractivity contribution in [2.45, 2.75) is 32.4 Å². The van der Waals surface area contributed by atoms with Crippen LogP contribution in [0, 0.1) is 0 Å². The first kappa shape index (κ1) is 9.98. The van der Waals surface area contributed by atoms with Gasteiger partial charge in [0, 0.05) is 0 Å². The van der Waals surface area contributed by atoms with Crippen LogP contribution in [0.1, 0.15) is 20.8 Å². The maximum atomic E-state index is 11.1. The quantitative estimate of drug-likeness (QED) is 0.614. The maximum Gasteiger partial charge on any atom is 0.273 e. The lowest BCUT2D eigenvalue weighted by Crippen LogP contribution is -2.41. The van der Waals surface area contributed by atoms with Crippen LogP contribution in [0.5, 0.6) is 0 Å². The summed E-state index contributed by atoms with van der Waals surface area (Å²) in [6, 6.07) is -0.417. The third kappa shape index (κ3) is 3.02. The van der Waals surface area contributed by atoms with Gasteiger partial charge in [-0.1, -0.05) is 0 Å². The SMILES string of the molecule is CC(C)(C)OC[C@H]1NC(N)=NC1=O. The van der Waals surface area contributed by atoms with Gasteiger partial charge in [-0.3, -0.25) is 4.79 Å². The second kappa shape index (κ2) is 3.33. The largest absolute Gasteiger partial charge is 0.373 e. The van der Waals surface area contributed by atoms with E-state index in [1.165, 1.54) is 0 Å².